The van der Waals surface area contributed by atoms with Crippen LogP contribution in [-0.4, -0.2) is 37.1 Å². The van der Waals surface area contributed by atoms with Crippen LogP contribution in [0, 0.1) is 0 Å². The van der Waals surface area contributed by atoms with Crippen molar-refractivity contribution in [3.05, 3.63) is 46.5 Å². The minimum Gasteiger partial charge on any atom is -0.507 e. The minimum atomic E-state index is 0.206. The monoisotopic (exact) mass is 488 g/mol. The lowest BCUT2D eigenvalue weighted by Gasteiger charge is -2.17. The number of unbranched alkanes of at least 4 members (excludes halogenated alkanes) is 3. The molecule has 35 heavy (non-hydrogen) atoms. The maximum atomic E-state index is 10.9. The summed E-state index contributed by atoms with van der Waals surface area (Å²) >= 11 is 0. The summed E-state index contributed by atoms with van der Waals surface area (Å²) in [7, 11) is 1.61. The van der Waals surface area contributed by atoms with E-state index in [0.29, 0.717) is 51.8 Å². The first-order chi connectivity index (χ1) is 17.0. The van der Waals surface area contributed by atoms with E-state index in [4.69, 9.17) is 18.9 Å². The summed E-state index contributed by atoms with van der Waals surface area (Å²) < 4.78 is 22.8. The highest BCUT2D eigenvalue weighted by Crippen LogP contribution is 2.35. The number of hydrogen-bond acceptors (Lipinski definition) is 6. The first-order valence-corrected chi connectivity index (χ1v) is 13.0. The molecule has 2 rings (SSSR count). The molecule has 0 radical (unpaired) electrons. The number of ether oxygens (including phenoxy) is 4. The molecule has 2 N–H and O–H groups in total. The molecule has 6 heteroatoms. The Kier molecular flexibility index (Phi) is 13.8. The van der Waals surface area contributed by atoms with Gasteiger partial charge in [-0.15, -0.1) is 0 Å². The first-order valence-electron chi connectivity index (χ1n) is 13.0. The highest BCUT2D eigenvalue weighted by molar-refractivity contribution is 5.70. The quantitative estimate of drug-likeness (QED) is 0.223. The fraction of sp³-hybridized carbons (Fsp3) is 0.586. The molecule has 0 aromatic heterocycles. The molecule has 196 valence electrons. The summed E-state index contributed by atoms with van der Waals surface area (Å²) in [5, 5.41) is 21.7. The van der Waals surface area contributed by atoms with Gasteiger partial charge in [0.05, 0.1) is 26.4 Å². The van der Waals surface area contributed by atoms with E-state index in [1.165, 1.54) is 0 Å². The Balaban J connectivity index is 2.42. The van der Waals surface area contributed by atoms with E-state index in [1.807, 2.05) is 24.3 Å². The molecule has 0 aliphatic rings. The second-order valence-electron chi connectivity index (χ2n) is 8.94. The van der Waals surface area contributed by atoms with Crippen LogP contribution < -0.4 is 0 Å². The van der Waals surface area contributed by atoms with Gasteiger partial charge in [0.2, 0.25) is 0 Å². The normalized spacial score (nSPS) is 11.3. The number of rotatable bonds is 18. The fourth-order valence-corrected chi connectivity index (χ4v) is 3.73. The van der Waals surface area contributed by atoms with Crippen molar-refractivity contribution < 1.29 is 29.2 Å². The SMILES string of the molecule is CCCCOCc1cc(-c2cc(COCCCC)c(O)c(COCCCC)c2)cc(COC)c1O. The third-order valence-electron chi connectivity index (χ3n) is 5.87. The Morgan fingerprint density at radius 1 is 0.543 bits per heavy atom. The maximum absolute atomic E-state index is 10.9. The first kappa shape index (κ1) is 29.1. The van der Waals surface area contributed by atoms with Gasteiger partial charge in [-0.1, -0.05) is 40.0 Å². The van der Waals surface area contributed by atoms with Gasteiger partial charge in [0.15, 0.2) is 0 Å². The topological polar surface area (TPSA) is 77.4 Å². The van der Waals surface area contributed by atoms with Crippen molar-refractivity contribution in [2.75, 3.05) is 26.9 Å². The molecule has 0 unspecified atom stereocenters. The summed E-state index contributed by atoms with van der Waals surface area (Å²) in [6, 6.07) is 7.81. The number of aromatic hydroxyl groups is 2. The van der Waals surface area contributed by atoms with Crippen molar-refractivity contribution in [2.45, 2.75) is 85.7 Å². The summed E-state index contributed by atoms with van der Waals surface area (Å²) in [6.07, 6.45) is 6.11. The third kappa shape index (κ3) is 9.45. The third-order valence-corrected chi connectivity index (χ3v) is 5.87. The zero-order chi connectivity index (χ0) is 25.5. The number of methoxy groups -OCH3 is 1. The summed E-state index contributed by atoms with van der Waals surface area (Å²) in [4.78, 5) is 0. The van der Waals surface area contributed by atoms with Gasteiger partial charge in [-0.05, 0) is 54.7 Å². The van der Waals surface area contributed by atoms with Gasteiger partial charge >= 0.3 is 0 Å². The van der Waals surface area contributed by atoms with Gasteiger partial charge < -0.3 is 29.2 Å². The van der Waals surface area contributed by atoms with Gasteiger partial charge in [-0.2, -0.15) is 0 Å². The Morgan fingerprint density at radius 3 is 1.14 bits per heavy atom. The number of benzene rings is 2. The average molecular weight is 489 g/mol. The Hall–Kier alpha value is -2.12. The second-order valence-corrected chi connectivity index (χ2v) is 8.94. The van der Waals surface area contributed by atoms with Crippen LogP contribution in [-0.2, 0) is 45.4 Å². The van der Waals surface area contributed by atoms with Crippen LogP contribution in [0.4, 0.5) is 0 Å². The predicted molar refractivity (Wildman–Crippen MR) is 140 cm³/mol. The van der Waals surface area contributed by atoms with E-state index >= 15 is 0 Å². The van der Waals surface area contributed by atoms with Gasteiger partial charge in [0, 0.05) is 49.2 Å². The molecule has 0 bridgehead atoms. The van der Waals surface area contributed by atoms with Crippen LogP contribution in [0.25, 0.3) is 11.1 Å². The van der Waals surface area contributed by atoms with Gasteiger partial charge in [-0.3, -0.25) is 0 Å². The lowest BCUT2D eigenvalue weighted by atomic mass is 9.95. The molecule has 0 fully saturated rings. The Labute approximate surface area is 211 Å². The highest BCUT2D eigenvalue weighted by atomic mass is 16.5. The molecule has 0 amide bonds. The molecule has 2 aromatic carbocycles. The number of phenols is 2. The molecule has 0 heterocycles. The van der Waals surface area contributed by atoms with Crippen molar-refractivity contribution in [1.29, 1.82) is 0 Å². The van der Waals surface area contributed by atoms with E-state index in [0.717, 1.165) is 66.3 Å². The highest BCUT2D eigenvalue weighted by Gasteiger charge is 2.16. The summed E-state index contributed by atoms with van der Waals surface area (Å²) in [5.74, 6) is 0.429. The predicted octanol–water partition coefficient (Wildman–Crippen LogP) is 6.86. The van der Waals surface area contributed by atoms with Crippen LogP contribution in [0.5, 0.6) is 11.5 Å². The lowest BCUT2D eigenvalue weighted by molar-refractivity contribution is 0.111. The van der Waals surface area contributed by atoms with Crippen LogP contribution >= 0.6 is 0 Å². The molecule has 6 nitrogen and oxygen atoms in total. The van der Waals surface area contributed by atoms with Gasteiger partial charge in [0.1, 0.15) is 11.5 Å². The molecule has 0 saturated carbocycles. The average Bonchev–Trinajstić information content (AvgIpc) is 2.86. The van der Waals surface area contributed by atoms with Crippen LogP contribution in [0.1, 0.15) is 81.5 Å². The second kappa shape index (κ2) is 16.5. The van der Waals surface area contributed by atoms with E-state index in [9.17, 15) is 10.2 Å². The smallest absolute Gasteiger partial charge is 0.126 e. The summed E-state index contributed by atoms with van der Waals surface area (Å²) in [5.41, 5.74) is 4.74. The number of phenolic OH excluding ortho intramolecular Hbond substituents is 2. The molecular formula is C29H44O6. The van der Waals surface area contributed by atoms with Crippen LogP contribution in [0.2, 0.25) is 0 Å². The van der Waals surface area contributed by atoms with Gasteiger partial charge in [0.25, 0.3) is 0 Å². The Bertz CT molecular complexity index is 847. The molecule has 0 spiro atoms. The van der Waals surface area contributed by atoms with Gasteiger partial charge in [-0.25, -0.2) is 0 Å². The molecular weight excluding hydrogens is 444 g/mol. The zero-order valence-corrected chi connectivity index (χ0v) is 22.0. The Morgan fingerprint density at radius 2 is 0.857 bits per heavy atom. The fourth-order valence-electron chi connectivity index (χ4n) is 3.73. The van der Waals surface area contributed by atoms with Crippen LogP contribution in [0.3, 0.4) is 0 Å². The van der Waals surface area contributed by atoms with Crippen LogP contribution in [0.15, 0.2) is 24.3 Å². The number of hydrogen-bond donors (Lipinski definition) is 2. The molecule has 2 aromatic rings. The molecule has 0 aliphatic carbocycles. The van der Waals surface area contributed by atoms with E-state index < -0.39 is 0 Å². The standard InChI is InChI=1S/C29H44O6/c1-5-8-11-33-19-25-15-22(14-24(18-32-4)28(25)30)23-16-26(20-34-12-9-6-2)29(31)27(17-23)21-35-13-10-7-3/h14-17,30-31H,5-13,18-21H2,1-4H3. The zero-order valence-electron chi connectivity index (χ0n) is 22.0. The molecule has 0 atom stereocenters. The van der Waals surface area contributed by atoms with Crippen molar-refractivity contribution in [3.63, 3.8) is 0 Å². The maximum Gasteiger partial charge on any atom is 0.126 e. The van der Waals surface area contributed by atoms with Crippen molar-refractivity contribution in [3.8, 4) is 22.6 Å². The van der Waals surface area contributed by atoms with E-state index in [2.05, 4.69) is 20.8 Å². The van der Waals surface area contributed by atoms with Crippen molar-refractivity contribution in [2.24, 2.45) is 0 Å². The van der Waals surface area contributed by atoms with Crippen molar-refractivity contribution in [1.82, 2.24) is 0 Å². The largest absolute Gasteiger partial charge is 0.507 e. The van der Waals surface area contributed by atoms with E-state index in [-0.39, 0.29) is 11.5 Å². The molecule has 0 saturated heterocycles. The van der Waals surface area contributed by atoms with Crippen molar-refractivity contribution >= 4 is 0 Å². The molecule has 0 aliphatic heterocycles. The lowest BCUT2D eigenvalue weighted by Crippen LogP contribution is -2.02. The summed E-state index contributed by atoms with van der Waals surface area (Å²) in [6.45, 7) is 9.60. The minimum absolute atomic E-state index is 0.206. The van der Waals surface area contributed by atoms with E-state index in [1.54, 1.807) is 7.11 Å².